The Bertz CT molecular complexity index is 462. The molecule has 1 fully saturated rings. The number of nitrogens with one attached hydrogen (secondary N) is 2. The molecule has 2 amide bonds. The van der Waals surface area contributed by atoms with E-state index in [4.69, 9.17) is 4.74 Å². The maximum absolute atomic E-state index is 13.5. The fourth-order valence-electron chi connectivity index (χ4n) is 2.01. The number of anilines is 1. The van der Waals surface area contributed by atoms with Crippen LogP contribution in [0.2, 0.25) is 0 Å². The first-order chi connectivity index (χ1) is 9.69. The van der Waals surface area contributed by atoms with Gasteiger partial charge in [-0.25, -0.2) is 9.18 Å². The van der Waals surface area contributed by atoms with Crippen molar-refractivity contribution in [1.29, 1.82) is 0 Å². The zero-order valence-corrected chi connectivity index (χ0v) is 11.6. The van der Waals surface area contributed by atoms with Crippen molar-refractivity contribution in [3.63, 3.8) is 0 Å². The minimum atomic E-state index is -0.422. The summed E-state index contributed by atoms with van der Waals surface area (Å²) in [6.07, 6.45) is 0.846. The maximum Gasteiger partial charge on any atom is 0.321 e. The molecule has 0 spiro atoms. The quantitative estimate of drug-likeness (QED) is 0.888. The number of hydrogen-bond donors (Lipinski definition) is 2. The first kappa shape index (κ1) is 14.6. The number of nitrogens with zero attached hydrogens (tertiary/aromatic N) is 1. The van der Waals surface area contributed by atoms with Crippen LogP contribution in [0.3, 0.4) is 0 Å². The van der Waals surface area contributed by atoms with Gasteiger partial charge in [-0.1, -0.05) is 6.92 Å². The van der Waals surface area contributed by atoms with Crippen molar-refractivity contribution >= 4 is 11.7 Å². The molecule has 1 aromatic rings. The highest BCUT2D eigenvalue weighted by Crippen LogP contribution is 2.20. The monoisotopic (exact) mass is 281 g/mol. The van der Waals surface area contributed by atoms with Crippen LogP contribution >= 0.6 is 0 Å². The number of rotatable bonds is 4. The molecule has 1 aromatic carbocycles. The Kier molecular flexibility index (Phi) is 5.17. The first-order valence-electron chi connectivity index (χ1n) is 6.89. The van der Waals surface area contributed by atoms with Crippen LogP contribution in [0, 0.1) is 5.82 Å². The van der Waals surface area contributed by atoms with Gasteiger partial charge in [-0.15, -0.1) is 0 Å². The molecule has 0 unspecified atom stereocenters. The van der Waals surface area contributed by atoms with E-state index in [1.165, 1.54) is 12.1 Å². The van der Waals surface area contributed by atoms with Gasteiger partial charge in [0.05, 0.1) is 6.61 Å². The molecule has 5 nitrogen and oxygen atoms in total. The van der Waals surface area contributed by atoms with Crippen molar-refractivity contribution in [2.24, 2.45) is 0 Å². The van der Waals surface area contributed by atoms with E-state index < -0.39 is 5.82 Å². The Morgan fingerprint density at radius 2 is 2.15 bits per heavy atom. The lowest BCUT2D eigenvalue weighted by molar-refractivity contribution is 0.204. The zero-order valence-electron chi connectivity index (χ0n) is 11.6. The topological polar surface area (TPSA) is 53.6 Å². The van der Waals surface area contributed by atoms with Crippen LogP contribution in [0.4, 0.5) is 14.9 Å². The van der Waals surface area contributed by atoms with Crippen LogP contribution in [-0.4, -0.2) is 43.7 Å². The molecule has 0 aromatic heterocycles. The summed E-state index contributed by atoms with van der Waals surface area (Å²) in [4.78, 5) is 13.7. The number of amides is 2. The summed E-state index contributed by atoms with van der Waals surface area (Å²) in [5.74, 6) is 0.0108. The Hall–Kier alpha value is -1.82. The predicted molar refractivity (Wildman–Crippen MR) is 75.6 cm³/mol. The number of ether oxygens (including phenoxy) is 1. The summed E-state index contributed by atoms with van der Waals surface area (Å²) in [5, 5.41) is 5.88. The molecule has 2 N–H and O–H groups in total. The fraction of sp³-hybridized carbons (Fsp3) is 0.500. The van der Waals surface area contributed by atoms with E-state index in [0.717, 1.165) is 19.5 Å². The van der Waals surface area contributed by atoms with E-state index in [1.54, 1.807) is 11.0 Å². The Morgan fingerprint density at radius 3 is 2.85 bits per heavy atom. The number of carbonyl (C=O) groups excluding carboxylic acids is 1. The number of urea groups is 1. The van der Waals surface area contributed by atoms with E-state index in [9.17, 15) is 9.18 Å². The molecule has 0 atom stereocenters. The lowest BCUT2D eigenvalue weighted by Crippen LogP contribution is -2.48. The molecule has 2 rings (SSSR count). The van der Waals surface area contributed by atoms with Gasteiger partial charge in [0.25, 0.3) is 0 Å². The molecule has 0 radical (unpaired) electrons. The second-order valence-electron chi connectivity index (χ2n) is 4.69. The van der Waals surface area contributed by atoms with Gasteiger partial charge in [0.1, 0.15) is 11.6 Å². The second-order valence-corrected chi connectivity index (χ2v) is 4.69. The molecule has 0 aliphatic carbocycles. The molecule has 1 aliphatic heterocycles. The average Bonchev–Trinajstić information content (AvgIpc) is 2.45. The number of hydrogen-bond acceptors (Lipinski definition) is 3. The molecule has 1 saturated heterocycles. The van der Waals surface area contributed by atoms with Gasteiger partial charge in [-0.3, -0.25) is 0 Å². The number of benzene rings is 1. The predicted octanol–water partition coefficient (Wildman–Crippen LogP) is 2.05. The van der Waals surface area contributed by atoms with Crippen LogP contribution in [0.1, 0.15) is 13.3 Å². The maximum atomic E-state index is 13.5. The standard InChI is InChI=1S/C14H20FN3O2/c1-2-7-20-13-9-11(15)8-12(10-13)17-14(19)18-5-3-16-4-6-18/h8-10,16H,2-7H2,1H3,(H,17,19). The van der Waals surface area contributed by atoms with Gasteiger partial charge < -0.3 is 20.3 Å². The van der Waals surface area contributed by atoms with E-state index in [0.29, 0.717) is 31.1 Å². The van der Waals surface area contributed by atoms with Crippen molar-refractivity contribution in [2.75, 3.05) is 38.1 Å². The summed E-state index contributed by atoms with van der Waals surface area (Å²) >= 11 is 0. The van der Waals surface area contributed by atoms with Crippen molar-refractivity contribution in [1.82, 2.24) is 10.2 Å². The van der Waals surface area contributed by atoms with Crippen molar-refractivity contribution in [3.8, 4) is 5.75 Å². The molecular weight excluding hydrogens is 261 g/mol. The average molecular weight is 281 g/mol. The van der Waals surface area contributed by atoms with Gasteiger partial charge >= 0.3 is 6.03 Å². The van der Waals surface area contributed by atoms with Crippen molar-refractivity contribution in [2.45, 2.75) is 13.3 Å². The number of piperazine rings is 1. The SMILES string of the molecule is CCCOc1cc(F)cc(NC(=O)N2CCNCC2)c1. The molecule has 20 heavy (non-hydrogen) atoms. The summed E-state index contributed by atoms with van der Waals surface area (Å²) in [6.45, 7) is 5.37. The third kappa shape index (κ3) is 4.09. The van der Waals surface area contributed by atoms with E-state index in [2.05, 4.69) is 10.6 Å². The Labute approximate surface area is 118 Å². The van der Waals surface area contributed by atoms with Crippen LogP contribution in [-0.2, 0) is 0 Å². The van der Waals surface area contributed by atoms with Gasteiger partial charge in [-0.05, 0) is 12.5 Å². The highest BCUT2D eigenvalue weighted by Gasteiger charge is 2.16. The summed E-state index contributed by atoms with van der Waals surface area (Å²) in [5.41, 5.74) is 0.416. The Morgan fingerprint density at radius 1 is 1.40 bits per heavy atom. The lowest BCUT2D eigenvalue weighted by atomic mass is 10.3. The van der Waals surface area contributed by atoms with Gasteiger partial charge in [0.2, 0.25) is 0 Å². The Balaban J connectivity index is 2.00. The summed E-state index contributed by atoms with van der Waals surface area (Å²) in [6, 6.07) is 4.03. The summed E-state index contributed by atoms with van der Waals surface area (Å²) < 4.78 is 18.9. The molecule has 1 heterocycles. The molecule has 0 bridgehead atoms. The van der Waals surface area contributed by atoms with E-state index >= 15 is 0 Å². The zero-order chi connectivity index (χ0) is 14.4. The van der Waals surface area contributed by atoms with Crippen LogP contribution in [0.5, 0.6) is 5.75 Å². The molecule has 0 saturated carbocycles. The first-order valence-corrected chi connectivity index (χ1v) is 6.89. The van der Waals surface area contributed by atoms with Gasteiger partial charge in [-0.2, -0.15) is 0 Å². The fourth-order valence-corrected chi connectivity index (χ4v) is 2.01. The van der Waals surface area contributed by atoms with Crippen molar-refractivity contribution < 1.29 is 13.9 Å². The normalized spacial score (nSPS) is 15.0. The van der Waals surface area contributed by atoms with Crippen LogP contribution < -0.4 is 15.4 Å². The van der Waals surface area contributed by atoms with Gasteiger partial charge in [0, 0.05) is 44.0 Å². The van der Waals surface area contributed by atoms with Crippen LogP contribution in [0.15, 0.2) is 18.2 Å². The summed E-state index contributed by atoms with van der Waals surface area (Å²) in [7, 11) is 0. The molecule has 110 valence electrons. The largest absolute Gasteiger partial charge is 0.493 e. The third-order valence-electron chi connectivity index (χ3n) is 3.00. The van der Waals surface area contributed by atoms with Crippen LogP contribution in [0.25, 0.3) is 0 Å². The smallest absolute Gasteiger partial charge is 0.321 e. The van der Waals surface area contributed by atoms with Gasteiger partial charge in [0.15, 0.2) is 0 Å². The highest BCUT2D eigenvalue weighted by atomic mass is 19.1. The minimum Gasteiger partial charge on any atom is -0.493 e. The number of halogens is 1. The second kappa shape index (κ2) is 7.09. The third-order valence-corrected chi connectivity index (χ3v) is 3.00. The van der Waals surface area contributed by atoms with E-state index in [1.807, 2.05) is 6.92 Å². The minimum absolute atomic E-state index is 0.210. The van der Waals surface area contributed by atoms with Crippen molar-refractivity contribution in [3.05, 3.63) is 24.0 Å². The molecule has 6 heteroatoms. The van der Waals surface area contributed by atoms with E-state index in [-0.39, 0.29) is 6.03 Å². The highest BCUT2D eigenvalue weighted by molar-refractivity contribution is 5.89. The number of carbonyl (C=O) groups is 1. The molecular formula is C14H20FN3O2. The molecule has 1 aliphatic rings. The lowest BCUT2D eigenvalue weighted by Gasteiger charge is -2.27.